The van der Waals surface area contributed by atoms with E-state index in [9.17, 15) is 4.79 Å². The molecule has 3 nitrogen and oxygen atoms in total. The van der Waals surface area contributed by atoms with Crippen molar-refractivity contribution in [2.24, 2.45) is 0 Å². The van der Waals surface area contributed by atoms with Crippen LogP contribution < -0.4 is 0 Å². The fourth-order valence-corrected chi connectivity index (χ4v) is 2.02. The zero-order valence-electron chi connectivity index (χ0n) is 9.04. The van der Waals surface area contributed by atoms with Crippen molar-refractivity contribution in [1.82, 2.24) is 10.2 Å². The van der Waals surface area contributed by atoms with E-state index in [0.717, 1.165) is 9.92 Å². The summed E-state index contributed by atoms with van der Waals surface area (Å²) in [6.07, 6.45) is 2.95. The zero-order valence-corrected chi connectivity index (χ0v) is 9.85. The Morgan fingerprint density at radius 2 is 2.00 bits per heavy atom. The van der Waals surface area contributed by atoms with Gasteiger partial charge in [0.15, 0.2) is 5.78 Å². The Kier molecular flexibility index (Phi) is 3.67. The van der Waals surface area contributed by atoms with Gasteiger partial charge in [0.05, 0.1) is 0 Å². The molecule has 0 N–H and O–H groups in total. The molecule has 0 amide bonds. The van der Waals surface area contributed by atoms with Crippen LogP contribution in [0.1, 0.15) is 10.4 Å². The molecular weight excluding hydrogens is 232 g/mol. The molecule has 0 aliphatic heterocycles. The summed E-state index contributed by atoms with van der Waals surface area (Å²) in [6, 6.07) is 11.1. The summed E-state index contributed by atoms with van der Waals surface area (Å²) in [5.41, 5.74) is 0.642. The molecule has 1 aromatic carbocycles. The second kappa shape index (κ2) is 5.41. The van der Waals surface area contributed by atoms with Gasteiger partial charge in [0, 0.05) is 16.7 Å². The van der Waals surface area contributed by atoms with Gasteiger partial charge >= 0.3 is 0 Å². The highest BCUT2D eigenvalue weighted by molar-refractivity contribution is 7.99. The Hall–Kier alpha value is -1.94. The van der Waals surface area contributed by atoms with Crippen LogP contribution in [0.15, 0.2) is 65.2 Å². The number of hydrogen-bond acceptors (Lipinski definition) is 4. The van der Waals surface area contributed by atoms with Gasteiger partial charge in [-0.1, -0.05) is 18.3 Å². The molecule has 2 aromatic rings. The first-order valence-electron chi connectivity index (χ1n) is 5.02. The molecule has 84 valence electrons. The van der Waals surface area contributed by atoms with E-state index in [-0.39, 0.29) is 5.78 Å². The molecule has 4 heteroatoms. The zero-order chi connectivity index (χ0) is 12.1. The van der Waals surface area contributed by atoms with Crippen LogP contribution in [-0.4, -0.2) is 16.0 Å². The van der Waals surface area contributed by atoms with Gasteiger partial charge in [0.1, 0.15) is 5.03 Å². The molecule has 0 fully saturated rings. The Bertz CT molecular complexity index is 523. The molecule has 0 spiro atoms. The minimum absolute atomic E-state index is 0.0685. The fourth-order valence-electron chi connectivity index (χ4n) is 1.27. The Morgan fingerprint density at radius 1 is 1.24 bits per heavy atom. The van der Waals surface area contributed by atoms with Crippen molar-refractivity contribution in [3.05, 3.63) is 60.8 Å². The van der Waals surface area contributed by atoms with Crippen LogP contribution in [0.25, 0.3) is 0 Å². The largest absolute Gasteiger partial charge is 0.289 e. The molecule has 0 bridgehead atoms. The number of benzene rings is 1. The predicted octanol–water partition coefficient (Wildman–Crippen LogP) is 3.00. The van der Waals surface area contributed by atoms with Crippen molar-refractivity contribution in [2.45, 2.75) is 9.92 Å². The maximum Gasteiger partial charge on any atom is 0.185 e. The van der Waals surface area contributed by atoms with Crippen molar-refractivity contribution in [3.8, 4) is 0 Å². The standard InChI is InChI=1S/C13H10N2OS/c1-2-12(16)10-5-7-11(8-6-10)17-13-4-3-9-14-15-13/h2-9H,1H2. The molecule has 0 aliphatic rings. The van der Waals surface area contributed by atoms with Crippen LogP contribution in [0.2, 0.25) is 0 Å². The van der Waals surface area contributed by atoms with Gasteiger partial charge in [-0.2, -0.15) is 5.10 Å². The van der Waals surface area contributed by atoms with Crippen LogP contribution in [0.5, 0.6) is 0 Å². The van der Waals surface area contributed by atoms with Crippen molar-refractivity contribution in [3.63, 3.8) is 0 Å². The highest BCUT2D eigenvalue weighted by atomic mass is 32.2. The molecule has 0 saturated heterocycles. The maximum atomic E-state index is 11.3. The molecule has 17 heavy (non-hydrogen) atoms. The number of carbonyl (C=O) groups excluding carboxylic acids is 1. The van der Waals surface area contributed by atoms with Gasteiger partial charge in [-0.25, -0.2) is 0 Å². The number of nitrogens with zero attached hydrogens (tertiary/aromatic N) is 2. The van der Waals surface area contributed by atoms with Crippen LogP contribution in [-0.2, 0) is 0 Å². The lowest BCUT2D eigenvalue weighted by Gasteiger charge is -2.00. The Morgan fingerprint density at radius 3 is 2.59 bits per heavy atom. The minimum Gasteiger partial charge on any atom is -0.289 e. The number of aromatic nitrogens is 2. The van der Waals surface area contributed by atoms with Gasteiger partial charge in [-0.3, -0.25) is 4.79 Å². The van der Waals surface area contributed by atoms with Gasteiger partial charge < -0.3 is 0 Å². The average Bonchev–Trinajstić information content (AvgIpc) is 2.40. The Labute approximate surface area is 104 Å². The number of ketones is 1. The topological polar surface area (TPSA) is 42.9 Å². The second-order valence-corrected chi connectivity index (χ2v) is 4.35. The third kappa shape index (κ3) is 3.01. The lowest BCUT2D eigenvalue weighted by molar-refractivity contribution is 0.104. The van der Waals surface area contributed by atoms with E-state index in [1.54, 1.807) is 18.3 Å². The smallest absolute Gasteiger partial charge is 0.185 e. The third-order valence-corrected chi connectivity index (χ3v) is 3.03. The van der Waals surface area contributed by atoms with Gasteiger partial charge in [-0.15, -0.1) is 5.10 Å². The van der Waals surface area contributed by atoms with Crippen LogP contribution in [0.3, 0.4) is 0 Å². The normalized spacial score (nSPS) is 9.88. The maximum absolute atomic E-state index is 11.3. The quantitative estimate of drug-likeness (QED) is 0.610. The summed E-state index contributed by atoms with van der Waals surface area (Å²) in [5, 5.41) is 8.61. The molecular formula is C13H10N2OS. The highest BCUT2D eigenvalue weighted by Gasteiger charge is 2.02. The van der Waals surface area contributed by atoms with Crippen molar-refractivity contribution in [2.75, 3.05) is 0 Å². The number of allylic oxidation sites excluding steroid dienone is 1. The van der Waals surface area contributed by atoms with Gasteiger partial charge in [0.25, 0.3) is 0 Å². The van der Waals surface area contributed by atoms with Crippen LogP contribution in [0, 0.1) is 0 Å². The van der Waals surface area contributed by atoms with Crippen molar-refractivity contribution >= 4 is 17.5 Å². The van der Waals surface area contributed by atoms with Crippen LogP contribution >= 0.6 is 11.8 Å². The summed E-state index contributed by atoms with van der Waals surface area (Å²) in [7, 11) is 0. The second-order valence-electron chi connectivity index (χ2n) is 3.26. The average molecular weight is 242 g/mol. The highest BCUT2D eigenvalue weighted by Crippen LogP contribution is 2.25. The number of carbonyl (C=O) groups is 1. The summed E-state index contributed by atoms with van der Waals surface area (Å²) in [5.74, 6) is -0.0685. The third-order valence-electron chi connectivity index (χ3n) is 2.09. The Balaban J connectivity index is 2.14. The molecule has 2 rings (SSSR count). The van der Waals surface area contributed by atoms with E-state index in [1.165, 1.54) is 17.8 Å². The molecule has 0 unspecified atom stereocenters. The molecule has 0 aliphatic carbocycles. The molecule has 0 saturated carbocycles. The lowest BCUT2D eigenvalue weighted by atomic mass is 10.1. The summed E-state index contributed by atoms with van der Waals surface area (Å²) in [6.45, 7) is 3.45. The first-order valence-corrected chi connectivity index (χ1v) is 5.83. The first-order chi connectivity index (χ1) is 8.29. The van der Waals surface area contributed by atoms with E-state index in [0.29, 0.717) is 5.56 Å². The first kappa shape index (κ1) is 11.5. The predicted molar refractivity (Wildman–Crippen MR) is 67.1 cm³/mol. The minimum atomic E-state index is -0.0685. The molecule has 1 aromatic heterocycles. The van der Waals surface area contributed by atoms with E-state index < -0.39 is 0 Å². The number of rotatable bonds is 4. The van der Waals surface area contributed by atoms with E-state index >= 15 is 0 Å². The fraction of sp³-hybridized carbons (Fsp3) is 0. The van der Waals surface area contributed by atoms with Gasteiger partial charge in [0.2, 0.25) is 0 Å². The molecule has 0 radical (unpaired) electrons. The number of hydrogen-bond donors (Lipinski definition) is 0. The van der Waals surface area contributed by atoms with E-state index in [1.807, 2.05) is 24.3 Å². The van der Waals surface area contributed by atoms with E-state index in [4.69, 9.17) is 0 Å². The SMILES string of the molecule is C=CC(=O)c1ccc(Sc2cccnn2)cc1. The monoisotopic (exact) mass is 242 g/mol. The van der Waals surface area contributed by atoms with Crippen molar-refractivity contribution in [1.29, 1.82) is 0 Å². The summed E-state index contributed by atoms with van der Waals surface area (Å²) < 4.78 is 0. The van der Waals surface area contributed by atoms with Crippen molar-refractivity contribution < 1.29 is 4.79 Å². The summed E-state index contributed by atoms with van der Waals surface area (Å²) in [4.78, 5) is 12.4. The lowest BCUT2D eigenvalue weighted by Crippen LogP contribution is -1.92. The molecule has 0 atom stereocenters. The van der Waals surface area contributed by atoms with Gasteiger partial charge in [-0.05, 0) is 42.5 Å². The molecule has 1 heterocycles. The van der Waals surface area contributed by atoms with E-state index in [2.05, 4.69) is 16.8 Å². The summed E-state index contributed by atoms with van der Waals surface area (Å²) >= 11 is 1.50. The van der Waals surface area contributed by atoms with Crippen LogP contribution in [0.4, 0.5) is 0 Å².